The van der Waals surface area contributed by atoms with Gasteiger partial charge in [-0.15, -0.1) is 0 Å². The zero-order valence-electron chi connectivity index (χ0n) is 11.6. The molecule has 0 radical (unpaired) electrons. The van der Waals surface area contributed by atoms with Crippen molar-refractivity contribution in [3.05, 3.63) is 0 Å². The van der Waals surface area contributed by atoms with Crippen molar-refractivity contribution < 1.29 is 44.7 Å². The quantitative estimate of drug-likeness (QED) is 0.252. The third-order valence-corrected chi connectivity index (χ3v) is 2.37. The molecule has 0 rings (SSSR count). The van der Waals surface area contributed by atoms with Crippen LogP contribution in [0.5, 0.6) is 0 Å². The Morgan fingerprint density at radius 3 is 1.05 bits per heavy atom. The van der Waals surface area contributed by atoms with Crippen LogP contribution in [0.25, 0.3) is 0 Å². The Morgan fingerprint density at radius 1 is 0.636 bits per heavy atom. The molecule has 0 unspecified atom stereocenters. The molecule has 0 saturated carbocycles. The van der Waals surface area contributed by atoms with Gasteiger partial charge in [-0.05, 0) is 0 Å². The molecular weight excluding hydrogens is 304 g/mol. The second-order valence-electron chi connectivity index (χ2n) is 4.57. The lowest BCUT2D eigenvalue weighted by Crippen LogP contribution is -2.46. The minimum absolute atomic E-state index is 0.353. The van der Waals surface area contributed by atoms with Crippen molar-refractivity contribution in [3.63, 3.8) is 0 Å². The summed E-state index contributed by atoms with van der Waals surface area (Å²) in [7, 11) is 0. The third kappa shape index (κ3) is 10.5. The zero-order valence-corrected chi connectivity index (χ0v) is 11.6. The van der Waals surface area contributed by atoms with Gasteiger partial charge < -0.3 is 25.5 Å². The maximum absolute atomic E-state index is 10.6. The Kier molecular flexibility index (Phi) is 8.67. The van der Waals surface area contributed by atoms with E-state index < -0.39 is 56.2 Å². The second-order valence-corrected chi connectivity index (χ2v) is 4.57. The van der Waals surface area contributed by atoms with Gasteiger partial charge in [0.1, 0.15) is 0 Å². The number of carbonyl (C=O) groups is 4. The molecule has 11 heteroatoms. The topological polar surface area (TPSA) is 176 Å². The highest BCUT2D eigenvalue weighted by Gasteiger charge is 2.21. The van der Waals surface area contributed by atoms with E-state index in [0.29, 0.717) is 0 Å². The molecule has 0 bridgehead atoms. The highest BCUT2D eigenvalue weighted by molar-refractivity contribution is 5.73. The maximum Gasteiger partial charge on any atom is 0.317 e. The summed E-state index contributed by atoms with van der Waals surface area (Å²) in [5.41, 5.74) is 0. The molecule has 0 spiro atoms. The third-order valence-electron chi connectivity index (χ3n) is 2.37. The van der Waals surface area contributed by atoms with Crippen LogP contribution in [0.1, 0.15) is 0 Å². The molecule has 22 heavy (non-hydrogen) atoms. The average Bonchev–Trinajstić information content (AvgIpc) is 2.23. The molecule has 0 heterocycles. The van der Waals surface area contributed by atoms with Crippen LogP contribution >= 0.6 is 0 Å². The molecular formula is C11H18N2O9. The summed E-state index contributed by atoms with van der Waals surface area (Å²) in [4.78, 5) is 44.3. The summed E-state index contributed by atoms with van der Waals surface area (Å²) < 4.78 is 0. The first-order valence-corrected chi connectivity index (χ1v) is 6.10. The van der Waals surface area contributed by atoms with Crippen molar-refractivity contribution in [1.82, 2.24) is 9.80 Å². The Balaban J connectivity index is 4.63. The Bertz CT molecular complexity index is 356. The highest BCUT2D eigenvalue weighted by Crippen LogP contribution is 1.98. The molecule has 126 valence electrons. The normalized spacial score (nSPS) is 11.1. The molecule has 0 amide bonds. The minimum atomic E-state index is -1.31. The number of aliphatic hydroxyl groups is 1. The molecule has 0 aromatic rings. The molecule has 5 N–H and O–H groups in total. The molecule has 0 aromatic carbocycles. The van der Waals surface area contributed by atoms with Crippen molar-refractivity contribution >= 4 is 23.9 Å². The van der Waals surface area contributed by atoms with Gasteiger partial charge in [-0.25, -0.2) is 0 Å². The predicted molar refractivity (Wildman–Crippen MR) is 69.4 cm³/mol. The molecule has 0 atom stereocenters. The number of aliphatic carboxylic acids is 4. The van der Waals surface area contributed by atoms with Crippen LogP contribution in [-0.2, 0) is 19.2 Å². The lowest BCUT2D eigenvalue weighted by molar-refractivity contribution is -0.143. The number of hydrogen-bond acceptors (Lipinski definition) is 7. The minimum Gasteiger partial charge on any atom is -0.480 e. The Morgan fingerprint density at radius 2 is 0.864 bits per heavy atom. The van der Waals surface area contributed by atoms with Gasteiger partial charge in [-0.3, -0.25) is 29.0 Å². The highest BCUT2D eigenvalue weighted by atomic mass is 16.4. The molecule has 11 nitrogen and oxygen atoms in total. The fourth-order valence-corrected chi connectivity index (χ4v) is 1.79. The van der Waals surface area contributed by atoms with Crippen LogP contribution in [0.3, 0.4) is 0 Å². The summed E-state index contributed by atoms with van der Waals surface area (Å²) in [6.45, 7) is -3.20. The molecule has 0 aromatic heterocycles. The van der Waals surface area contributed by atoms with Gasteiger partial charge >= 0.3 is 23.9 Å². The van der Waals surface area contributed by atoms with Gasteiger partial charge in [0.25, 0.3) is 0 Å². The average molecular weight is 322 g/mol. The predicted octanol–water partition coefficient (Wildman–Crippen LogP) is -2.71. The molecule has 0 aliphatic carbocycles. The van der Waals surface area contributed by atoms with E-state index in [1.54, 1.807) is 0 Å². The molecule has 0 aliphatic rings. The van der Waals surface area contributed by atoms with E-state index in [1.165, 1.54) is 0 Å². The number of rotatable bonds is 12. The summed E-state index contributed by atoms with van der Waals surface area (Å²) in [5, 5.41) is 44.4. The first kappa shape index (κ1) is 19.8. The van der Waals surface area contributed by atoms with E-state index >= 15 is 0 Å². The molecule has 0 fully saturated rings. The first-order chi connectivity index (χ1) is 10.1. The van der Waals surface area contributed by atoms with Crippen LogP contribution in [0.4, 0.5) is 0 Å². The number of carboxylic acid groups (broad SMARTS) is 4. The summed E-state index contributed by atoms with van der Waals surface area (Å²) >= 11 is 0. The van der Waals surface area contributed by atoms with E-state index in [9.17, 15) is 24.3 Å². The van der Waals surface area contributed by atoms with Gasteiger partial charge in [0.05, 0.1) is 32.3 Å². The van der Waals surface area contributed by atoms with Gasteiger partial charge in [-0.2, -0.15) is 0 Å². The number of nitrogens with zero attached hydrogens (tertiary/aromatic N) is 2. The Hall–Kier alpha value is -2.24. The van der Waals surface area contributed by atoms with Crippen LogP contribution in [0.2, 0.25) is 0 Å². The SMILES string of the molecule is O=C(O)CN(CC(=O)O)CC(O)CN(CC(=O)O)CC(=O)O. The zero-order chi connectivity index (χ0) is 17.3. The Labute approximate surface area is 125 Å². The maximum atomic E-state index is 10.6. The van der Waals surface area contributed by atoms with Gasteiger partial charge in [-0.1, -0.05) is 0 Å². The lowest BCUT2D eigenvalue weighted by Gasteiger charge is -2.25. The fraction of sp³-hybridized carbons (Fsp3) is 0.636. The second kappa shape index (κ2) is 9.65. The van der Waals surface area contributed by atoms with E-state index in [4.69, 9.17) is 20.4 Å². The van der Waals surface area contributed by atoms with Gasteiger partial charge in [0.2, 0.25) is 0 Å². The first-order valence-electron chi connectivity index (χ1n) is 6.10. The van der Waals surface area contributed by atoms with Gasteiger partial charge in [0, 0.05) is 13.1 Å². The van der Waals surface area contributed by atoms with E-state index in [2.05, 4.69) is 0 Å². The summed E-state index contributed by atoms with van der Waals surface area (Å²) in [6.07, 6.45) is -1.31. The smallest absolute Gasteiger partial charge is 0.317 e. The monoisotopic (exact) mass is 322 g/mol. The van der Waals surface area contributed by atoms with Crippen molar-refractivity contribution in [2.24, 2.45) is 0 Å². The van der Waals surface area contributed by atoms with Crippen molar-refractivity contribution in [2.45, 2.75) is 6.10 Å². The number of carboxylic acids is 4. The lowest BCUT2D eigenvalue weighted by atomic mass is 10.2. The van der Waals surface area contributed by atoms with Crippen LogP contribution < -0.4 is 0 Å². The summed E-state index contributed by atoms with van der Waals surface area (Å²) in [6, 6.07) is 0. The molecule has 0 saturated heterocycles. The van der Waals surface area contributed by atoms with Gasteiger partial charge in [0.15, 0.2) is 0 Å². The molecule has 0 aliphatic heterocycles. The van der Waals surface area contributed by atoms with E-state index in [0.717, 1.165) is 9.80 Å². The van der Waals surface area contributed by atoms with Crippen molar-refractivity contribution in [2.75, 3.05) is 39.3 Å². The van der Waals surface area contributed by atoms with E-state index in [-0.39, 0.29) is 13.1 Å². The van der Waals surface area contributed by atoms with Crippen LogP contribution in [-0.4, -0.2) is 105 Å². The standard InChI is InChI=1S/C11H18N2O9/c14-7(1-12(3-8(15)16)4-9(17)18)2-13(5-10(19)20)6-11(21)22/h7,14H,1-6H2,(H,15,16)(H,17,18)(H,19,20)(H,21,22). The largest absolute Gasteiger partial charge is 0.480 e. The van der Waals surface area contributed by atoms with Crippen LogP contribution in [0.15, 0.2) is 0 Å². The number of hydrogen-bond donors (Lipinski definition) is 5. The van der Waals surface area contributed by atoms with Crippen molar-refractivity contribution in [3.8, 4) is 0 Å². The fourth-order valence-electron chi connectivity index (χ4n) is 1.79. The summed E-state index contributed by atoms with van der Waals surface area (Å²) in [5.74, 6) is -5.16. The van der Waals surface area contributed by atoms with E-state index in [1.807, 2.05) is 0 Å². The van der Waals surface area contributed by atoms with Crippen LogP contribution in [0, 0.1) is 0 Å². The number of aliphatic hydroxyl groups excluding tert-OH is 1. The van der Waals surface area contributed by atoms with Crippen molar-refractivity contribution in [1.29, 1.82) is 0 Å².